The predicted octanol–water partition coefficient (Wildman–Crippen LogP) is 7.68. The predicted molar refractivity (Wildman–Crippen MR) is 148 cm³/mol. The van der Waals surface area contributed by atoms with E-state index in [9.17, 15) is 14.7 Å². The molecule has 6 nitrogen and oxygen atoms in total. The van der Waals surface area contributed by atoms with Crippen LogP contribution in [-0.2, 0) is 14.3 Å². The molecule has 3 aromatic carbocycles. The molecule has 1 amide bonds. The Balaban J connectivity index is 2.48. The van der Waals surface area contributed by atoms with E-state index in [1.807, 2.05) is 79.7 Å². The van der Waals surface area contributed by atoms with E-state index in [0.29, 0.717) is 11.3 Å². The molecule has 0 radical (unpaired) electrons. The van der Waals surface area contributed by atoms with E-state index in [2.05, 4.69) is 17.4 Å². The maximum atomic E-state index is 12.6. The van der Waals surface area contributed by atoms with Crippen molar-refractivity contribution >= 4 is 17.7 Å². The van der Waals surface area contributed by atoms with Crippen LogP contribution in [0.4, 0.5) is 10.5 Å². The van der Waals surface area contributed by atoms with Gasteiger partial charge in [-0.15, -0.1) is 0 Å². The molecule has 1 atom stereocenters. The zero-order valence-corrected chi connectivity index (χ0v) is 23.2. The number of ether oxygens (including phenoxy) is 2. The lowest BCUT2D eigenvalue weighted by atomic mass is 9.84. The van der Waals surface area contributed by atoms with Gasteiger partial charge in [-0.3, -0.25) is 5.32 Å². The van der Waals surface area contributed by atoms with Crippen molar-refractivity contribution < 1.29 is 24.2 Å². The molecule has 0 aliphatic heterocycles. The molecular formula is C31H37NO5. The first-order chi connectivity index (χ1) is 17.2. The number of nitrogens with one attached hydrogen (secondary N) is 1. The summed E-state index contributed by atoms with van der Waals surface area (Å²) >= 11 is 0. The third-order valence-corrected chi connectivity index (χ3v) is 6.60. The lowest BCUT2D eigenvalue weighted by Gasteiger charge is -2.29. The van der Waals surface area contributed by atoms with E-state index < -0.39 is 23.8 Å². The van der Waals surface area contributed by atoms with Crippen LogP contribution < -0.4 is 5.32 Å². The summed E-state index contributed by atoms with van der Waals surface area (Å²) in [5, 5.41) is 13.1. The fourth-order valence-corrected chi connectivity index (χ4v) is 4.46. The van der Waals surface area contributed by atoms with E-state index in [0.717, 1.165) is 50.1 Å². The summed E-state index contributed by atoms with van der Waals surface area (Å²) in [5.74, 6) is -1.11. The number of hydrogen-bond donors (Lipinski definition) is 2. The number of hydrogen-bond acceptors (Lipinski definition) is 4. The smallest absolute Gasteiger partial charge is 0.411 e. The summed E-state index contributed by atoms with van der Waals surface area (Å²) < 4.78 is 11.0. The standard InChI is InChI=1S/C31H37NO5/c1-17-10-12-22(14-19(17)3)26-21(5)27(23-13-11-18(2)20(4)15-23)25(32-30(35)36-9)16-24(26)28(29(33)34)37-31(6,7)8/h10-16,28H,1-9H3,(H,32,35)(H,33,34). The normalized spacial score (nSPS) is 12.2. The van der Waals surface area contributed by atoms with Gasteiger partial charge in [0.15, 0.2) is 6.10 Å². The molecule has 1 unspecified atom stereocenters. The molecule has 3 rings (SSSR count). The Morgan fingerprint density at radius 1 is 0.811 bits per heavy atom. The van der Waals surface area contributed by atoms with E-state index in [-0.39, 0.29) is 0 Å². The zero-order chi connectivity index (χ0) is 27.7. The number of benzene rings is 3. The Kier molecular flexibility index (Phi) is 8.13. The largest absolute Gasteiger partial charge is 0.479 e. The van der Waals surface area contributed by atoms with E-state index >= 15 is 0 Å². The zero-order valence-electron chi connectivity index (χ0n) is 23.2. The van der Waals surface area contributed by atoms with Gasteiger partial charge >= 0.3 is 12.1 Å². The molecule has 0 heterocycles. The van der Waals surface area contributed by atoms with Gasteiger partial charge in [-0.25, -0.2) is 9.59 Å². The van der Waals surface area contributed by atoms with Crippen LogP contribution in [0.25, 0.3) is 22.3 Å². The van der Waals surface area contributed by atoms with Crippen LogP contribution in [0.2, 0.25) is 0 Å². The number of methoxy groups -OCH3 is 1. The third-order valence-electron chi connectivity index (χ3n) is 6.60. The molecule has 0 aliphatic carbocycles. The summed E-state index contributed by atoms with van der Waals surface area (Å²) in [6, 6.07) is 13.9. The van der Waals surface area contributed by atoms with Crippen molar-refractivity contribution in [3.8, 4) is 22.3 Å². The van der Waals surface area contributed by atoms with Crippen LogP contribution in [0.5, 0.6) is 0 Å². The topological polar surface area (TPSA) is 84.9 Å². The van der Waals surface area contributed by atoms with Crippen molar-refractivity contribution in [1.29, 1.82) is 0 Å². The highest BCUT2D eigenvalue weighted by atomic mass is 16.5. The van der Waals surface area contributed by atoms with Crippen molar-refractivity contribution in [2.75, 3.05) is 12.4 Å². The molecule has 0 aliphatic rings. The van der Waals surface area contributed by atoms with Gasteiger partial charge in [-0.2, -0.15) is 0 Å². The molecule has 3 aromatic rings. The van der Waals surface area contributed by atoms with Crippen molar-refractivity contribution in [1.82, 2.24) is 0 Å². The fraction of sp³-hybridized carbons (Fsp3) is 0.355. The quantitative estimate of drug-likeness (QED) is 0.360. The SMILES string of the molecule is COC(=O)Nc1cc(C(OC(C)(C)C)C(=O)O)c(-c2ccc(C)c(C)c2)c(C)c1-c1ccc(C)c(C)c1. The van der Waals surface area contributed by atoms with Crippen LogP contribution >= 0.6 is 0 Å². The second kappa shape index (κ2) is 10.8. The summed E-state index contributed by atoms with van der Waals surface area (Å²) in [6.07, 6.45) is -1.90. The average Bonchev–Trinajstić information content (AvgIpc) is 2.80. The molecule has 0 saturated heterocycles. The maximum absolute atomic E-state index is 12.6. The van der Waals surface area contributed by atoms with Crippen molar-refractivity contribution in [3.63, 3.8) is 0 Å². The molecule has 0 aromatic heterocycles. The number of carbonyl (C=O) groups is 2. The number of rotatable bonds is 6. The first-order valence-electron chi connectivity index (χ1n) is 12.3. The van der Waals surface area contributed by atoms with Crippen LogP contribution in [0.1, 0.15) is 60.3 Å². The van der Waals surface area contributed by atoms with Crippen LogP contribution in [0.3, 0.4) is 0 Å². The lowest BCUT2D eigenvalue weighted by molar-refractivity contribution is -0.160. The Bertz CT molecular complexity index is 1350. The van der Waals surface area contributed by atoms with Crippen molar-refractivity contribution in [2.45, 2.75) is 67.1 Å². The van der Waals surface area contributed by atoms with Crippen LogP contribution in [0, 0.1) is 34.6 Å². The fourth-order valence-electron chi connectivity index (χ4n) is 4.46. The minimum absolute atomic E-state index is 0.457. The number of aliphatic carboxylic acids is 1. The summed E-state index contributed by atoms with van der Waals surface area (Å²) in [4.78, 5) is 25.0. The Morgan fingerprint density at radius 3 is 1.76 bits per heavy atom. The number of carboxylic acids is 1. The number of amides is 1. The van der Waals surface area contributed by atoms with Gasteiger partial charge < -0.3 is 14.6 Å². The molecular weight excluding hydrogens is 466 g/mol. The monoisotopic (exact) mass is 503 g/mol. The van der Waals surface area contributed by atoms with E-state index in [4.69, 9.17) is 9.47 Å². The third kappa shape index (κ3) is 6.20. The van der Waals surface area contributed by atoms with Crippen molar-refractivity contribution in [2.24, 2.45) is 0 Å². The number of aryl methyl sites for hydroxylation is 4. The Morgan fingerprint density at radius 2 is 1.32 bits per heavy atom. The van der Waals surface area contributed by atoms with Crippen LogP contribution in [-0.4, -0.2) is 29.9 Å². The number of anilines is 1. The molecule has 6 heteroatoms. The molecule has 0 fully saturated rings. The highest BCUT2D eigenvalue weighted by Gasteiger charge is 2.32. The molecule has 0 spiro atoms. The Labute approximate surface area is 219 Å². The van der Waals surface area contributed by atoms with Crippen molar-refractivity contribution in [3.05, 3.63) is 75.8 Å². The second-order valence-electron chi connectivity index (χ2n) is 10.6. The maximum Gasteiger partial charge on any atom is 0.411 e. The first kappa shape index (κ1) is 27.9. The van der Waals surface area contributed by atoms with Gasteiger partial charge in [0.2, 0.25) is 0 Å². The van der Waals surface area contributed by atoms with Gasteiger partial charge in [0, 0.05) is 11.1 Å². The number of carboxylic acid groups (broad SMARTS) is 1. The second-order valence-corrected chi connectivity index (χ2v) is 10.6. The van der Waals surface area contributed by atoms with E-state index in [1.54, 1.807) is 6.07 Å². The average molecular weight is 504 g/mol. The number of carbonyl (C=O) groups excluding carboxylic acids is 1. The van der Waals surface area contributed by atoms with Gasteiger partial charge in [-0.1, -0.05) is 36.4 Å². The molecule has 0 saturated carbocycles. The highest BCUT2D eigenvalue weighted by Crippen LogP contribution is 2.44. The molecule has 37 heavy (non-hydrogen) atoms. The summed E-state index contributed by atoms with van der Waals surface area (Å²) in [7, 11) is 1.30. The van der Waals surface area contributed by atoms with Gasteiger partial charge in [0.05, 0.1) is 18.4 Å². The lowest BCUT2D eigenvalue weighted by Crippen LogP contribution is -2.28. The summed E-state index contributed by atoms with van der Waals surface area (Å²) in [6.45, 7) is 15.6. The van der Waals surface area contributed by atoms with Crippen LogP contribution in [0.15, 0.2) is 42.5 Å². The molecule has 196 valence electrons. The van der Waals surface area contributed by atoms with E-state index in [1.165, 1.54) is 7.11 Å². The van der Waals surface area contributed by atoms with Gasteiger partial charge in [-0.05, 0) is 106 Å². The molecule has 2 N–H and O–H groups in total. The highest BCUT2D eigenvalue weighted by molar-refractivity contribution is 5.97. The Hall–Kier alpha value is -3.64. The summed E-state index contributed by atoms with van der Waals surface area (Å²) in [5.41, 5.74) is 8.88. The van der Waals surface area contributed by atoms with Gasteiger partial charge in [0.1, 0.15) is 0 Å². The molecule has 0 bridgehead atoms. The minimum Gasteiger partial charge on any atom is -0.479 e. The first-order valence-corrected chi connectivity index (χ1v) is 12.3. The van der Waals surface area contributed by atoms with Gasteiger partial charge in [0.25, 0.3) is 0 Å². The minimum atomic E-state index is -1.26.